The molecule has 0 spiro atoms. The van der Waals surface area contributed by atoms with E-state index in [1.807, 2.05) is 11.9 Å². The van der Waals surface area contributed by atoms with Crippen LogP contribution in [0.15, 0.2) is 42.5 Å². The van der Waals surface area contributed by atoms with Crippen molar-refractivity contribution in [3.8, 4) is 5.75 Å². The number of hydrogen-bond donors (Lipinski definition) is 0. The third-order valence-electron chi connectivity index (χ3n) is 4.51. The molecule has 0 amide bonds. The zero-order valence-electron chi connectivity index (χ0n) is 14.2. The molecule has 1 saturated carbocycles. The van der Waals surface area contributed by atoms with Crippen molar-refractivity contribution in [3.05, 3.63) is 64.0 Å². The summed E-state index contributed by atoms with van der Waals surface area (Å²) in [6, 6.07) is 11.2. The van der Waals surface area contributed by atoms with E-state index in [1.165, 1.54) is 18.2 Å². The van der Waals surface area contributed by atoms with E-state index in [4.69, 9.17) is 4.74 Å². The highest BCUT2D eigenvalue weighted by Gasteiger charge is 2.23. The quantitative estimate of drug-likeness (QED) is 0.563. The largest absolute Gasteiger partial charge is 0.483 e. The lowest BCUT2D eigenvalue weighted by molar-refractivity contribution is -0.386. The second-order valence-electron chi connectivity index (χ2n) is 6.42. The molecule has 0 aromatic heterocycles. The highest BCUT2D eigenvalue weighted by atomic mass is 19.1. The van der Waals surface area contributed by atoms with Crippen LogP contribution in [0.5, 0.6) is 5.75 Å². The standard InChI is InChI=1S/C19H21FN2O3/c1-21(13-14-6-8-15(20)9-7-14)16-10-11-18(22(23)24)19(12-16)25-17-4-2-3-5-17/h6-12,17H,2-5,13H2,1H3. The minimum absolute atomic E-state index is 0.00849. The summed E-state index contributed by atoms with van der Waals surface area (Å²) < 4.78 is 18.9. The Bertz CT molecular complexity index is 743. The molecular weight excluding hydrogens is 323 g/mol. The van der Waals surface area contributed by atoms with Gasteiger partial charge in [0.05, 0.1) is 11.0 Å². The fourth-order valence-corrected chi connectivity index (χ4v) is 3.13. The highest BCUT2D eigenvalue weighted by molar-refractivity contribution is 5.59. The number of ether oxygens (including phenoxy) is 1. The molecule has 0 N–H and O–H groups in total. The maximum Gasteiger partial charge on any atom is 0.311 e. The van der Waals surface area contributed by atoms with Crippen LogP contribution in [0.3, 0.4) is 0 Å². The molecule has 3 rings (SSSR count). The van der Waals surface area contributed by atoms with Crippen molar-refractivity contribution in [2.45, 2.75) is 38.3 Å². The average Bonchev–Trinajstić information content (AvgIpc) is 3.09. The maximum absolute atomic E-state index is 13.0. The normalized spacial score (nSPS) is 14.5. The van der Waals surface area contributed by atoms with Gasteiger partial charge in [0.15, 0.2) is 5.75 Å². The number of hydrogen-bond acceptors (Lipinski definition) is 4. The predicted molar refractivity (Wildman–Crippen MR) is 94.5 cm³/mol. The number of halogens is 1. The van der Waals surface area contributed by atoms with Crippen molar-refractivity contribution in [3.63, 3.8) is 0 Å². The van der Waals surface area contributed by atoms with Crippen molar-refractivity contribution in [1.29, 1.82) is 0 Å². The van der Waals surface area contributed by atoms with Gasteiger partial charge in [0.1, 0.15) is 5.82 Å². The topological polar surface area (TPSA) is 55.6 Å². The number of nitro groups is 1. The number of rotatable bonds is 6. The Morgan fingerprint density at radius 2 is 1.88 bits per heavy atom. The average molecular weight is 344 g/mol. The number of nitrogens with zero attached hydrogens (tertiary/aromatic N) is 2. The van der Waals surface area contributed by atoms with E-state index in [1.54, 1.807) is 24.3 Å². The van der Waals surface area contributed by atoms with Crippen LogP contribution in [0, 0.1) is 15.9 Å². The van der Waals surface area contributed by atoms with E-state index < -0.39 is 4.92 Å². The van der Waals surface area contributed by atoms with Gasteiger partial charge in [-0.15, -0.1) is 0 Å². The molecule has 1 fully saturated rings. The molecular formula is C19H21FN2O3. The van der Waals surface area contributed by atoms with E-state index in [-0.39, 0.29) is 17.6 Å². The van der Waals surface area contributed by atoms with Gasteiger partial charge in [-0.2, -0.15) is 0 Å². The van der Waals surface area contributed by atoms with E-state index in [0.29, 0.717) is 12.3 Å². The van der Waals surface area contributed by atoms with Gasteiger partial charge < -0.3 is 9.64 Å². The van der Waals surface area contributed by atoms with Gasteiger partial charge in [-0.1, -0.05) is 12.1 Å². The van der Waals surface area contributed by atoms with Gasteiger partial charge in [-0.25, -0.2) is 4.39 Å². The molecule has 0 unspecified atom stereocenters. The van der Waals surface area contributed by atoms with Crippen LogP contribution >= 0.6 is 0 Å². The summed E-state index contributed by atoms with van der Waals surface area (Å²) in [4.78, 5) is 12.8. The fourth-order valence-electron chi connectivity index (χ4n) is 3.13. The Labute approximate surface area is 146 Å². The molecule has 1 aliphatic rings. The Balaban J connectivity index is 1.80. The molecule has 25 heavy (non-hydrogen) atoms. The van der Waals surface area contributed by atoms with Crippen molar-refractivity contribution in [2.24, 2.45) is 0 Å². The molecule has 5 nitrogen and oxygen atoms in total. The van der Waals surface area contributed by atoms with Crippen LogP contribution in [0.1, 0.15) is 31.2 Å². The molecule has 1 aliphatic carbocycles. The van der Waals surface area contributed by atoms with Gasteiger partial charge in [0, 0.05) is 31.4 Å². The molecule has 6 heteroatoms. The zero-order chi connectivity index (χ0) is 17.8. The molecule has 0 saturated heterocycles. The molecule has 2 aromatic carbocycles. The lowest BCUT2D eigenvalue weighted by atomic mass is 10.2. The van der Waals surface area contributed by atoms with E-state index >= 15 is 0 Å². The van der Waals surface area contributed by atoms with Crippen LogP contribution in [-0.4, -0.2) is 18.1 Å². The van der Waals surface area contributed by atoms with Crippen molar-refractivity contribution in [2.75, 3.05) is 11.9 Å². The van der Waals surface area contributed by atoms with E-state index in [9.17, 15) is 14.5 Å². The monoisotopic (exact) mass is 344 g/mol. The van der Waals surface area contributed by atoms with Crippen LogP contribution in [0.25, 0.3) is 0 Å². The first-order valence-electron chi connectivity index (χ1n) is 8.43. The molecule has 0 atom stereocenters. The highest BCUT2D eigenvalue weighted by Crippen LogP contribution is 2.35. The van der Waals surface area contributed by atoms with Crippen LogP contribution in [0.2, 0.25) is 0 Å². The molecule has 0 radical (unpaired) electrons. The summed E-state index contributed by atoms with van der Waals surface area (Å²) in [7, 11) is 1.89. The molecule has 0 heterocycles. The SMILES string of the molecule is CN(Cc1ccc(F)cc1)c1ccc([N+](=O)[O-])c(OC2CCCC2)c1. The van der Waals surface area contributed by atoms with E-state index in [0.717, 1.165) is 36.9 Å². The van der Waals surface area contributed by atoms with Crippen molar-refractivity contribution < 1.29 is 14.1 Å². The lowest BCUT2D eigenvalue weighted by Gasteiger charge is -2.21. The Morgan fingerprint density at radius 1 is 1.20 bits per heavy atom. The molecule has 2 aromatic rings. The van der Waals surface area contributed by atoms with Gasteiger partial charge in [0.2, 0.25) is 0 Å². The number of benzene rings is 2. The Morgan fingerprint density at radius 3 is 2.52 bits per heavy atom. The summed E-state index contributed by atoms with van der Waals surface area (Å²) >= 11 is 0. The first kappa shape index (κ1) is 17.2. The third kappa shape index (κ3) is 4.26. The van der Waals surface area contributed by atoms with Gasteiger partial charge in [-0.05, 0) is 49.4 Å². The third-order valence-corrected chi connectivity index (χ3v) is 4.51. The number of nitro benzene ring substituents is 1. The second kappa shape index (κ2) is 7.51. The first-order valence-corrected chi connectivity index (χ1v) is 8.43. The smallest absolute Gasteiger partial charge is 0.311 e. The predicted octanol–water partition coefficient (Wildman–Crippen LogP) is 4.69. The van der Waals surface area contributed by atoms with Crippen molar-refractivity contribution >= 4 is 11.4 Å². The first-order chi connectivity index (χ1) is 12.0. The van der Waals surface area contributed by atoms with Crippen molar-refractivity contribution in [1.82, 2.24) is 0 Å². The van der Waals surface area contributed by atoms with E-state index in [2.05, 4.69) is 0 Å². The van der Waals surface area contributed by atoms with Crippen LogP contribution < -0.4 is 9.64 Å². The molecule has 132 valence electrons. The van der Waals surface area contributed by atoms with Gasteiger partial charge >= 0.3 is 5.69 Å². The fraction of sp³-hybridized carbons (Fsp3) is 0.368. The molecule has 0 bridgehead atoms. The molecule has 0 aliphatic heterocycles. The lowest BCUT2D eigenvalue weighted by Crippen LogP contribution is -2.17. The van der Waals surface area contributed by atoms with Crippen LogP contribution in [0.4, 0.5) is 15.8 Å². The van der Waals surface area contributed by atoms with Gasteiger partial charge in [0.25, 0.3) is 0 Å². The number of anilines is 1. The van der Waals surface area contributed by atoms with Gasteiger partial charge in [-0.3, -0.25) is 10.1 Å². The minimum atomic E-state index is -0.409. The zero-order valence-corrected chi connectivity index (χ0v) is 14.2. The minimum Gasteiger partial charge on any atom is -0.483 e. The summed E-state index contributed by atoms with van der Waals surface area (Å²) in [5.41, 5.74) is 1.77. The Hall–Kier alpha value is -2.63. The maximum atomic E-state index is 13.0. The summed E-state index contributed by atoms with van der Waals surface area (Å²) in [5, 5.41) is 11.3. The summed E-state index contributed by atoms with van der Waals surface area (Å²) in [5.74, 6) is 0.0503. The van der Waals surface area contributed by atoms with Crippen LogP contribution in [-0.2, 0) is 6.54 Å². The summed E-state index contributed by atoms with van der Waals surface area (Å²) in [6.07, 6.45) is 4.13. The Kier molecular flexibility index (Phi) is 5.16. The summed E-state index contributed by atoms with van der Waals surface area (Å²) in [6.45, 7) is 0.570. The second-order valence-corrected chi connectivity index (χ2v) is 6.42.